The number of imidazole rings is 1. The molecule has 6 rings (SSSR count). The number of halogens is 2. The van der Waals surface area contributed by atoms with Crippen molar-refractivity contribution in [3.63, 3.8) is 0 Å². The number of carbonyl (C=O) groups is 1. The molecule has 4 heterocycles. The molecule has 0 spiro atoms. The first-order chi connectivity index (χ1) is 22.3. The number of fused-ring (bicyclic) bond motifs is 3. The number of ketones is 1. The topological polar surface area (TPSA) is 103 Å². The Bertz CT molecular complexity index is 1910. The Morgan fingerprint density at radius 2 is 1.80 bits per heavy atom. The van der Waals surface area contributed by atoms with E-state index in [2.05, 4.69) is 33.7 Å². The van der Waals surface area contributed by atoms with Crippen molar-refractivity contribution in [1.29, 1.82) is 0 Å². The van der Waals surface area contributed by atoms with Crippen LogP contribution >= 0.6 is 23.2 Å². The number of piperidine rings is 1. The molecule has 12 heteroatoms. The lowest BCUT2D eigenvalue weighted by Crippen LogP contribution is -2.38. The molecular formula is C34H34Cl2N6O4. The number of pyridine rings is 1. The summed E-state index contributed by atoms with van der Waals surface area (Å²) in [5.74, 6) is 1.81. The van der Waals surface area contributed by atoms with E-state index in [4.69, 9.17) is 42.4 Å². The first-order valence-corrected chi connectivity index (χ1v) is 15.8. The molecule has 0 radical (unpaired) electrons. The second-order valence-electron chi connectivity index (χ2n) is 11.0. The SMILES string of the molecule is C=CC(=O)Cc1cc(OC2CCN(CC)CC2)ccc1Nc1ncc2cc(-c3c(Cl)c(OC)cc(OC)c3Cl)c3nccn3c2n1. The van der Waals surface area contributed by atoms with Crippen molar-refractivity contribution >= 4 is 57.3 Å². The number of nitrogens with one attached hydrogen (secondary N) is 1. The summed E-state index contributed by atoms with van der Waals surface area (Å²) >= 11 is 13.5. The molecule has 2 aromatic carbocycles. The molecule has 1 N–H and O–H groups in total. The fraction of sp³-hybridized carbons (Fsp3) is 0.294. The summed E-state index contributed by atoms with van der Waals surface area (Å²) in [7, 11) is 3.06. The summed E-state index contributed by atoms with van der Waals surface area (Å²) in [4.78, 5) is 28.9. The number of allylic oxidation sites excluding steroid dienone is 1. The molecule has 3 aromatic heterocycles. The van der Waals surface area contributed by atoms with Gasteiger partial charge in [0.15, 0.2) is 11.4 Å². The van der Waals surface area contributed by atoms with Gasteiger partial charge in [0.05, 0.1) is 24.3 Å². The van der Waals surface area contributed by atoms with Crippen LogP contribution in [0, 0.1) is 0 Å². The molecule has 0 bridgehead atoms. The van der Waals surface area contributed by atoms with Crippen molar-refractivity contribution in [2.45, 2.75) is 32.3 Å². The van der Waals surface area contributed by atoms with Gasteiger partial charge in [-0.15, -0.1) is 0 Å². The number of carbonyl (C=O) groups excluding carboxylic acids is 1. The Morgan fingerprint density at radius 3 is 2.48 bits per heavy atom. The van der Waals surface area contributed by atoms with E-state index in [9.17, 15) is 4.79 Å². The van der Waals surface area contributed by atoms with E-state index in [1.807, 2.05) is 34.9 Å². The number of likely N-dealkylation sites (tertiary alicyclic amines) is 1. The lowest BCUT2D eigenvalue weighted by molar-refractivity contribution is -0.114. The van der Waals surface area contributed by atoms with E-state index in [-0.39, 0.29) is 18.3 Å². The quantitative estimate of drug-likeness (QED) is 0.148. The molecule has 0 unspecified atom stereocenters. The highest BCUT2D eigenvalue weighted by Crippen LogP contribution is 2.47. The summed E-state index contributed by atoms with van der Waals surface area (Å²) in [5.41, 5.74) is 3.84. The van der Waals surface area contributed by atoms with Gasteiger partial charge in [-0.1, -0.05) is 36.7 Å². The van der Waals surface area contributed by atoms with E-state index < -0.39 is 0 Å². The van der Waals surface area contributed by atoms with Gasteiger partial charge in [-0.3, -0.25) is 9.20 Å². The molecule has 5 aromatic rings. The van der Waals surface area contributed by atoms with Crippen molar-refractivity contribution in [3.05, 3.63) is 77.2 Å². The van der Waals surface area contributed by atoms with Crippen LogP contribution in [0.5, 0.6) is 17.2 Å². The predicted octanol–water partition coefficient (Wildman–Crippen LogP) is 7.17. The molecular weight excluding hydrogens is 627 g/mol. The maximum absolute atomic E-state index is 12.5. The third-order valence-electron chi connectivity index (χ3n) is 8.25. The zero-order valence-electron chi connectivity index (χ0n) is 25.8. The lowest BCUT2D eigenvalue weighted by Gasteiger charge is -2.31. The van der Waals surface area contributed by atoms with Crippen molar-refractivity contribution < 1.29 is 19.0 Å². The van der Waals surface area contributed by atoms with Crippen LogP contribution in [0.15, 0.2) is 61.6 Å². The fourth-order valence-electron chi connectivity index (χ4n) is 5.76. The van der Waals surface area contributed by atoms with Gasteiger partial charge in [-0.25, -0.2) is 9.97 Å². The number of hydrogen-bond acceptors (Lipinski definition) is 9. The number of hydrogen-bond donors (Lipinski definition) is 1. The molecule has 0 atom stereocenters. The normalized spacial score (nSPS) is 14.0. The van der Waals surface area contributed by atoms with Crippen LogP contribution < -0.4 is 19.5 Å². The van der Waals surface area contributed by atoms with E-state index in [1.165, 1.54) is 20.3 Å². The number of benzene rings is 2. The van der Waals surface area contributed by atoms with Gasteiger partial charge >= 0.3 is 0 Å². The summed E-state index contributed by atoms with van der Waals surface area (Å²) in [5, 5.41) is 4.69. The van der Waals surface area contributed by atoms with E-state index in [0.29, 0.717) is 55.6 Å². The Morgan fingerprint density at radius 1 is 1.07 bits per heavy atom. The Hall–Kier alpha value is -4.38. The lowest BCUT2D eigenvalue weighted by atomic mass is 10.0. The van der Waals surface area contributed by atoms with Gasteiger partial charge in [0.1, 0.15) is 29.0 Å². The number of aromatic nitrogens is 4. The van der Waals surface area contributed by atoms with Crippen LogP contribution in [0.2, 0.25) is 10.0 Å². The van der Waals surface area contributed by atoms with E-state index in [1.54, 1.807) is 18.5 Å². The number of anilines is 2. The smallest absolute Gasteiger partial charge is 0.229 e. The largest absolute Gasteiger partial charge is 0.495 e. The molecule has 10 nitrogen and oxygen atoms in total. The fourth-order valence-corrected chi connectivity index (χ4v) is 6.47. The number of nitrogens with zero attached hydrogens (tertiary/aromatic N) is 5. The minimum Gasteiger partial charge on any atom is -0.495 e. The summed E-state index contributed by atoms with van der Waals surface area (Å²) in [6.45, 7) is 8.90. The highest BCUT2D eigenvalue weighted by Gasteiger charge is 2.23. The van der Waals surface area contributed by atoms with Crippen molar-refractivity contribution in [2.75, 3.05) is 39.2 Å². The second kappa shape index (κ2) is 13.5. The van der Waals surface area contributed by atoms with Gasteiger partial charge in [-0.05, 0) is 55.3 Å². The minimum absolute atomic E-state index is 0.102. The molecule has 0 saturated carbocycles. The molecule has 1 saturated heterocycles. The van der Waals surface area contributed by atoms with Gasteiger partial charge in [-0.2, -0.15) is 4.98 Å². The summed E-state index contributed by atoms with van der Waals surface area (Å²) in [6, 6.07) is 9.25. The Balaban J connectivity index is 1.35. The molecule has 0 amide bonds. The van der Waals surface area contributed by atoms with Crippen LogP contribution in [0.25, 0.3) is 27.8 Å². The first kappa shape index (κ1) is 31.6. The first-order valence-electron chi connectivity index (χ1n) is 15.0. The summed E-state index contributed by atoms with van der Waals surface area (Å²) < 4.78 is 19.1. The van der Waals surface area contributed by atoms with Gasteiger partial charge in [0, 0.05) is 66.4 Å². The van der Waals surface area contributed by atoms with Crippen LogP contribution in [0.1, 0.15) is 25.3 Å². The number of ether oxygens (including phenoxy) is 3. The van der Waals surface area contributed by atoms with Crippen molar-refractivity contribution in [1.82, 2.24) is 24.3 Å². The highest BCUT2D eigenvalue weighted by molar-refractivity contribution is 6.41. The number of rotatable bonds is 11. The Kier molecular flexibility index (Phi) is 9.30. The standard InChI is InChI=1S/C34H34Cl2N6O4/c1-5-22(43)15-20-16-24(46-23-9-12-41(6-2)13-10-23)7-8-26(20)39-34-38-19-21-17-25(33-37-11-14-42(33)32(21)40-34)29-30(35)27(44-3)18-28(45-4)31(29)36/h5,7-8,11,14,16-19,23H,1,6,9-10,12-13,15H2,2-4H3,(H,38,39,40). The van der Waals surface area contributed by atoms with E-state index >= 15 is 0 Å². The van der Waals surface area contributed by atoms with Crippen LogP contribution in [0.3, 0.4) is 0 Å². The molecule has 1 aliphatic rings. The minimum atomic E-state index is -0.102. The highest BCUT2D eigenvalue weighted by atomic mass is 35.5. The molecule has 1 fully saturated rings. The summed E-state index contributed by atoms with van der Waals surface area (Å²) in [6.07, 6.45) is 8.75. The molecule has 0 aliphatic carbocycles. The third-order valence-corrected chi connectivity index (χ3v) is 9.00. The molecule has 1 aliphatic heterocycles. The zero-order valence-corrected chi connectivity index (χ0v) is 27.4. The number of methoxy groups -OCH3 is 2. The van der Waals surface area contributed by atoms with Gasteiger partial charge < -0.3 is 24.4 Å². The van der Waals surface area contributed by atoms with Crippen molar-refractivity contribution in [2.24, 2.45) is 0 Å². The second-order valence-corrected chi connectivity index (χ2v) is 11.7. The maximum atomic E-state index is 12.5. The average molecular weight is 662 g/mol. The molecule has 46 heavy (non-hydrogen) atoms. The predicted molar refractivity (Wildman–Crippen MR) is 181 cm³/mol. The monoisotopic (exact) mass is 660 g/mol. The zero-order chi connectivity index (χ0) is 32.4. The van der Waals surface area contributed by atoms with Crippen molar-refractivity contribution in [3.8, 4) is 28.4 Å². The maximum Gasteiger partial charge on any atom is 0.229 e. The average Bonchev–Trinajstić information content (AvgIpc) is 3.57. The third kappa shape index (κ3) is 6.20. The van der Waals surface area contributed by atoms with Gasteiger partial charge in [0.25, 0.3) is 0 Å². The molecule has 238 valence electrons. The Labute approximate surface area is 276 Å². The van der Waals surface area contributed by atoms with Crippen LogP contribution in [-0.4, -0.2) is 70.0 Å². The van der Waals surface area contributed by atoms with Crippen LogP contribution in [0.4, 0.5) is 11.6 Å². The van der Waals surface area contributed by atoms with Gasteiger partial charge in [0.2, 0.25) is 5.95 Å². The van der Waals surface area contributed by atoms with Crippen LogP contribution in [-0.2, 0) is 11.2 Å². The van der Waals surface area contributed by atoms with E-state index in [0.717, 1.165) is 49.2 Å².